The highest BCUT2D eigenvalue weighted by Crippen LogP contribution is 2.44. The van der Waals surface area contributed by atoms with Crippen LogP contribution in [0.2, 0.25) is 0 Å². The van der Waals surface area contributed by atoms with Gasteiger partial charge in [-0.05, 0) is 26.0 Å². The zero-order valence-corrected chi connectivity index (χ0v) is 9.85. The maximum Gasteiger partial charge on any atom is 0.305 e. The Morgan fingerprint density at radius 2 is 2.06 bits per heavy atom. The van der Waals surface area contributed by atoms with Gasteiger partial charge >= 0.3 is 4.87 Å². The van der Waals surface area contributed by atoms with E-state index in [2.05, 4.69) is 4.98 Å². The van der Waals surface area contributed by atoms with E-state index in [0.29, 0.717) is 0 Å². The van der Waals surface area contributed by atoms with Crippen molar-refractivity contribution in [2.24, 2.45) is 0 Å². The number of nitrogens with one attached hydrogen (secondary N) is 1. The maximum atomic E-state index is 11.5. The van der Waals surface area contributed by atoms with E-state index < -0.39 is 5.60 Å². The number of ether oxygens (including phenoxy) is 1. The minimum Gasteiger partial charge on any atom is -0.482 e. The molecule has 0 radical (unpaired) electrons. The molecule has 0 spiro atoms. The molecule has 4 heteroatoms. The van der Waals surface area contributed by atoms with Gasteiger partial charge in [-0.1, -0.05) is 23.5 Å². The highest BCUT2D eigenvalue weighted by molar-refractivity contribution is 7.09. The number of hydrogen-bond acceptors (Lipinski definition) is 3. The van der Waals surface area contributed by atoms with Crippen molar-refractivity contribution in [2.45, 2.75) is 19.4 Å². The second-order valence-corrected chi connectivity index (χ2v) is 5.31. The number of benzene rings is 1. The predicted octanol–water partition coefficient (Wildman–Crippen LogP) is 2.73. The molecular formula is C12H11NO2S. The molecule has 0 bridgehead atoms. The lowest BCUT2D eigenvalue weighted by atomic mass is 9.97. The molecule has 1 N–H and O–H groups in total. The molecule has 1 aromatic carbocycles. The van der Waals surface area contributed by atoms with Crippen molar-refractivity contribution in [3.63, 3.8) is 0 Å². The predicted molar refractivity (Wildman–Crippen MR) is 64.0 cm³/mol. The summed E-state index contributed by atoms with van der Waals surface area (Å²) in [6.45, 7) is 3.96. The average molecular weight is 233 g/mol. The normalized spacial score (nSPS) is 16.1. The summed E-state index contributed by atoms with van der Waals surface area (Å²) in [6.07, 6.45) is 0. The van der Waals surface area contributed by atoms with Crippen LogP contribution in [0, 0.1) is 0 Å². The fraction of sp³-hybridized carbons (Fsp3) is 0.250. The summed E-state index contributed by atoms with van der Waals surface area (Å²) in [5.74, 6) is 0.828. The molecule has 16 heavy (non-hydrogen) atoms. The molecule has 0 fully saturated rings. The molecule has 2 aromatic rings. The fourth-order valence-electron chi connectivity index (χ4n) is 2.03. The van der Waals surface area contributed by atoms with Crippen molar-refractivity contribution in [3.8, 4) is 17.0 Å². The lowest BCUT2D eigenvalue weighted by Crippen LogP contribution is -2.27. The quantitative estimate of drug-likeness (QED) is 0.760. The van der Waals surface area contributed by atoms with Gasteiger partial charge in [0.2, 0.25) is 0 Å². The first-order chi connectivity index (χ1) is 7.58. The first-order valence-corrected chi connectivity index (χ1v) is 5.91. The zero-order chi connectivity index (χ0) is 11.3. The summed E-state index contributed by atoms with van der Waals surface area (Å²) in [7, 11) is 0. The highest BCUT2D eigenvalue weighted by Gasteiger charge is 2.35. The Bertz CT molecular complexity index is 609. The Morgan fingerprint density at radius 1 is 1.31 bits per heavy atom. The van der Waals surface area contributed by atoms with Crippen molar-refractivity contribution in [2.75, 3.05) is 0 Å². The van der Waals surface area contributed by atoms with E-state index in [1.54, 1.807) is 0 Å². The van der Waals surface area contributed by atoms with Gasteiger partial charge in [-0.15, -0.1) is 0 Å². The molecule has 3 rings (SSSR count). The van der Waals surface area contributed by atoms with Crippen LogP contribution in [0.5, 0.6) is 5.75 Å². The summed E-state index contributed by atoms with van der Waals surface area (Å²) in [6, 6.07) is 7.77. The third-order valence-corrected chi connectivity index (χ3v) is 3.90. The molecule has 0 saturated carbocycles. The summed E-state index contributed by atoms with van der Waals surface area (Å²) in [5, 5.41) is 0. The van der Waals surface area contributed by atoms with E-state index in [0.717, 1.165) is 21.9 Å². The van der Waals surface area contributed by atoms with E-state index in [1.807, 2.05) is 38.1 Å². The van der Waals surface area contributed by atoms with Gasteiger partial charge in [0.15, 0.2) is 0 Å². The molecular weight excluding hydrogens is 222 g/mol. The molecule has 1 aromatic heterocycles. The first-order valence-electron chi connectivity index (χ1n) is 5.10. The van der Waals surface area contributed by atoms with Crippen LogP contribution in [0.3, 0.4) is 0 Å². The van der Waals surface area contributed by atoms with Gasteiger partial charge in [0.05, 0.1) is 10.6 Å². The fourth-order valence-corrected chi connectivity index (χ4v) is 2.91. The van der Waals surface area contributed by atoms with Crippen LogP contribution in [0.15, 0.2) is 29.1 Å². The molecule has 2 heterocycles. The van der Waals surface area contributed by atoms with Crippen molar-refractivity contribution in [3.05, 3.63) is 38.8 Å². The minimum atomic E-state index is -0.437. The largest absolute Gasteiger partial charge is 0.482 e. The Kier molecular flexibility index (Phi) is 1.80. The lowest BCUT2D eigenvalue weighted by Gasteiger charge is -2.31. The summed E-state index contributed by atoms with van der Waals surface area (Å²) in [5.41, 5.74) is 1.44. The molecule has 82 valence electrons. The van der Waals surface area contributed by atoms with Crippen LogP contribution in [-0.4, -0.2) is 4.98 Å². The molecule has 0 aliphatic carbocycles. The number of rotatable bonds is 0. The third-order valence-electron chi connectivity index (χ3n) is 2.72. The van der Waals surface area contributed by atoms with Crippen LogP contribution < -0.4 is 9.61 Å². The van der Waals surface area contributed by atoms with Gasteiger partial charge in [-0.25, -0.2) is 0 Å². The second kappa shape index (κ2) is 2.98. The van der Waals surface area contributed by atoms with Gasteiger partial charge in [0, 0.05) is 5.56 Å². The molecule has 1 aliphatic heterocycles. The van der Waals surface area contributed by atoms with E-state index in [1.165, 1.54) is 11.3 Å². The van der Waals surface area contributed by atoms with E-state index in [4.69, 9.17) is 4.74 Å². The number of aromatic amines is 1. The molecule has 0 unspecified atom stereocenters. The summed E-state index contributed by atoms with van der Waals surface area (Å²) in [4.78, 5) is 15.3. The Labute approximate surface area is 96.7 Å². The van der Waals surface area contributed by atoms with Gasteiger partial charge < -0.3 is 9.72 Å². The van der Waals surface area contributed by atoms with Crippen molar-refractivity contribution < 1.29 is 4.74 Å². The van der Waals surface area contributed by atoms with E-state index >= 15 is 0 Å². The highest BCUT2D eigenvalue weighted by atomic mass is 32.1. The monoisotopic (exact) mass is 233 g/mol. The van der Waals surface area contributed by atoms with Gasteiger partial charge in [-0.3, -0.25) is 4.79 Å². The maximum absolute atomic E-state index is 11.5. The van der Waals surface area contributed by atoms with Gasteiger partial charge in [0.25, 0.3) is 0 Å². The molecule has 0 amide bonds. The van der Waals surface area contributed by atoms with Crippen LogP contribution in [-0.2, 0) is 5.60 Å². The lowest BCUT2D eigenvalue weighted by molar-refractivity contribution is 0.109. The van der Waals surface area contributed by atoms with Crippen LogP contribution >= 0.6 is 11.3 Å². The topological polar surface area (TPSA) is 42.1 Å². The van der Waals surface area contributed by atoms with Crippen molar-refractivity contribution in [1.29, 1.82) is 0 Å². The third kappa shape index (κ3) is 1.23. The Hall–Kier alpha value is -1.55. The Balaban J connectivity index is 2.37. The molecule has 0 atom stereocenters. The first kappa shape index (κ1) is 9.66. The standard InChI is InChI=1S/C12H11NO2S/c1-12(2)10-9(13-11(14)16-10)7-5-3-4-6-8(7)15-12/h3-6H,1-2H3,(H,13,14). The van der Waals surface area contributed by atoms with Gasteiger partial charge in [-0.2, -0.15) is 0 Å². The number of hydrogen-bond donors (Lipinski definition) is 1. The second-order valence-electron chi connectivity index (χ2n) is 4.33. The number of aromatic nitrogens is 1. The SMILES string of the molecule is CC1(C)Oc2ccccc2-c2[nH]c(=O)sc21. The van der Waals surface area contributed by atoms with E-state index in [9.17, 15) is 4.79 Å². The van der Waals surface area contributed by atoms with Crippen LogP contribution in [0.1, 0.15) is 18.7 Å². The van der Waals surface area contributed by atoms with Crippen molar-refractivity contribution >= 4 is 11.3 Å². The van der Waals surface area contributed by atoms with Gasteiger partial charge in [0.1, 0.15) is 11.4 Å². The summed E-state index contributed by atoms with van der Waals surface area (Å²) < 4.78 is 5.91. The number of thiazole rings is 1. The van der Waals surface area contributed by atoms with Crippen molar-refractivity contribution in [1.82, 2.24) is 4.98 Å². The van der Waals surface area contributed by atoms with E-state index in [-0.39, 0.29) is 4.87 Å². The molecule has 1 aliphatic rings. The zero-order valence-electron chi connectivity index (χ0n) is 9.03. The number of H-pyrrole nitrogens is 1. The minimum absolute atomic E-state index is 0.0293. The number of para-hydroxylation sites is 1. The molecule has 0 saturated heterocycles. The van der Waals surface area contributed by atoms with Crippen LogP contribution in [0.4, 0.5) is 0 Å². The van der Waals surface area contributed by atoms with Crippen LogP contribution in [0.25, 0.3) is 11.3 Å². The average Bonchev–Trinajstić information content (AvgIpc) is 2.61. The summed E-state index contributed by atoms with van der Waals surface area (Å²) >= 11 is 1.22. The molecule has 3 nitrogen and oxygen atoms in total. The Morgan fingerprint density at radius 3 is 2.88 bits per heavy atom. The smallest absolute Gasteiger partial charge is 0.305 e. The number of fused-ring (bicyclic) bond motifs is 3.